The highest BCUT2D eigenvalue weighted by atomic mass is 16.7. The molecule has 6 atom stereocenters. The number of ketones is 3. The van der Waals surface area contributed by atoms with Crippen molar-refractivity contribution in [3.8, 4) is 17.2 Å². The second kappa shape index (κ2) is 11.8. The van der Waals surface area contributed by atoms with Crippen LogP contribution in [-0.2, 0) is 20.7 Å². The van der Waals surface area contributed by atoms with Crippen molar-refractivity contribution in [2.45, 2.75) is 88.6 Å². The van der Waals surface area contributed by atoms with Gasteiger partial charge >= 0.3 is 0 Å². The van der Waals surface area contributed by atoms with Crippen LogP contribution in [-0.4, -0.2) is 99.4 Å². The molecule has 0 bridgehead atoms. The number of methoxy groups -OCH3 is 1. The summed E-state index contributed by atoms with van der Waals surface area (Å²) in [6.45, 7) is 4.64. The Kier molecular flexibility index (Phi) is 8.19. The third-order valence-corrected chi connectivity index (χ3v) is 9.53. The van der Waals surface area contributed by atoms with E-state index in [9.17, 15) is 34.8 Å². The summed E-state index contributed by atoms with van der Waals surface area (Å²) >= 11 is 0. The zero-order valence-corrected chi connectivity index (χ0v) is 25.5. The summed E-state index contributed by atoms with van der Waals surface area (Å²) in [5.74, 6) is -3.12. The summed E-state index contributed by atoms with van der Waals surface area (Å²) < 4.78 is 17.6. The number of fused-ring (bicyclic) bond motifs is 3. The lowest BCUT2D eigenvalue weighted by atomic mass is 9.72. The van der Waals surface area contributed by atoms with Crippen molar-refractivity contribution in [1.82, 2.24) is 4.90 Å². The van der Waals surface area contributed by atoms with E-state index in [1.54, 1.807) is 13.3 Å². The molecule has 4 aliphatic rings. The Labute approximate surface area is 260 Å². The van der Waals surface area contributed by atoms with Gasteiger partial charge < -0.3 is 39.5 Å². The van der Waals surface area contributed by atoms with Gasteiger partial charge in [0.25, 0.3) is 0 Å². The van der Waals surface area contributed by atoms with E-state index in [2.05, 4.69) is 9.89 Å². The smallest absolute Gasteiger partial charge is 0.202 e. The van der Waals surface area contributed by atoms with Gasteiger partial charge in [-0.15, -0.1) is 0 Å². The van der Waals surface area contributed by atoms with Gasteiger partial charge in [0.15, 0.2) is 17.9 Å². The van der Waals surface area contributed by atoms with E-state index in [0.29, 0.717) is 0 Å². The quantitative estimate of drug-likeness (QED) is 0.181. The molecule has 0 aromatic heterocycles. The molecular formula is C33H38N2O10. The second-order valence-electron chi connectivity index (χ2n) is 12.4. The van der Waals surface area contributed by atoms with E-state index in [1.807, 2.05) is 0 Å². The van der Waals surface area contributed by atoms with Gasteiger partial charge in [-0.2, -0.15) is 0 Å². The van der Waals surface area contributed by atoms with Gasteiger partial charge in [0.2, 0.25) is 5.78 Å². The number of likely N-dealkylation sites (tertiary alicyclic amines) is 1. The van der Waals surface area contributed by atoms with Crippen LogP contribution >= 0.6 is 0 Å². The molecule has 2 aromatic rings. The molecule has 4 N–H and O–H groups in total. The predicted octanol–water partition coefficient (Wildman–Crippen LogP) is 2.58. The fraction of sp³-hybridized carbons (Fsp3) is 0.515. The fourth-order valence-corrected chi connectivity index (χ4v) is 6.96. The number of benzene rings is 2. The molecule has 0 saturated carbocycles. The van der Waals surface area contributed by atoms with Crippen LogP contribution in [0.25, 0.3) is 0 Å². The van der Waals surface area contributed by atoms with Crippen LogP contribution in [0.2, 0.25) is 0 Å². The number of carbonyl (C=O) groups is 3. The lowest BCUT2D eigenvalue weighted by molar-refractivity contribution is -0.246. The average molecular weight is 623 g/mol. The molecule has 12 nitrogen and oxygen atoms in total. The predicted molar refractivity (Wildman–Crippen MR) is 160 cm³/mol. The maximum atomic E-state index is 13.8. The minimum absolute atomic E-state index is 0.00811. The minimum Gasteiger partial charge on any atom is -0.507 e. The molecule has 45 heavy (non-hydrogen) atoms. The monoisotopic (exact) mass is 622 g/mol. The van der Waals surface area contributed by atoms with Gasteiger partial charge in [-0.3, -0.25) is 19.4 Å². The highest BCUT2D eigenvalue weighted by molar-refractivity contribution is 6.31. The van der Waals surface area contributed by atoms with E-state index in [4.69, 9.17) is 14.2 Å². The Morgan fingerprint density at radius 3 is 2.49 bits per heavy atom. The summed E-state index contributed by atoms with van der Waals surface area (Å²) in [7, 11) is 1.35. The molecule has 6 rings (SSSR count). The van der Waals surface area contributed by atoms with E-state index in [0.717, 1.165) is 32.4 Å². The molecule has 2 fully saturated rings. The molecule has 2 saturated heterocycles. The molecule has 0 radical (unpaired) electrons. The Bertz CT molecular complexity index is 1580. The number of phenolic OH excluding ortho intramolecular Hbond substituents is 2. The average Bonchev–Trinajstić information content (AvgIpc) is 3.02. The summed E-state index contributed by atoms with van der Waals surface area (Å²) in [5, 5.41) is 45.5. The molecule has 0 amide bonds. The third kappa shape index (κ3) is 5.29. The van der Waals surface area contributed by atoms with Crippen molar-refractivity contribution in [2.24, 2.45) is 4.99 Å². The largest absolute Gasteiger partial charge is 0.507 e. The number of hydrogen-bond acceptors (Lipinski definition) is 11. The number of hydrogen-bond donors (Lipinski definition) is 4. The molecule has 2 aromatic carbocycles. The van der Waals surface area contributed by atoms with Crippen LogP contribution in [0.5, 0.6) is 17.2 Å². The fourth-order valence-electron chi connectivity index (χ4n) is 6.96. The van der Waals surface area contributed by atoms with Gasteiger partial charge in [-0.1, -0.05) is 12.1 Å². The van der Waals surface area contributed by atoms with Crippen molar-refractivity contribution >= 4 is 23.7 Å². The Hall–Kier alpha value is -3.84. The highest BCUT2D eigenvalue weighted by Crippen LogP contribution is 2.52. The van der Waals surface area contributed by atoms with Crippen molar-refractivity contribution < 1.29 is 49.0 Å². The number of phenols is 2. The van der Waals surface area contributed by atoms with Crippen LogP contribution in [0.1, 0.15) is 95.0 Å². The molecule has 240 valence electrons. The Morgan fingerprint density at radius 2 is 1.80 bits per heavy atom. The number of rotatable bonds is 6. The maximum Gasteiger partial charge on any atom is 0.202 e. The van der Waals surface area contributed by atoms with Gasteiger partial charge in [0.05, 0.1) is 48.4 Å². The molecule has 2 aliphatic heterocycles. The number of piperidine rings is 1. The van der Waals surface area contributed by atoms with E-state index in [1.165, 1.54) is 32.2 Å². The van der Waals surface area contributed by atoms with Crippen molar-refractivity contribution in [3.63, 3.8) is 0 Å². The minimum atomic E-state index is -2.01. The van der Waals surface area contributed by atoms with Crippen LogP contribution in [0.3, 0.4) is 0 Å². The number of ether oxygens (including phenoxy) is 3. The van der Waals surface area contributed by atoms with Crippen LogP contribution in [0, 0.1) is 0 Å². The molecule has 4 unspecified atom stereocenters. The van der Waals surface area contributed by atoms with Gasteiger partial charge in [-0.05, 0) is 39.2 Å². The molecule has 12 heteroatoms. The number of aromatic hydroxyl groups is 2. The summed E-state index contributed by atoms with van der Waals surface area (Å²) in [6.07, 6.45) is 0.609. The number of Topliss-reactive ketones (excluding diaryl/α,β-unsaturated/α-hetero) is 1. The number of aliphatic hydroxyl groups excluding tert-OH is 1. The Morgan fingerprint density at radius 1 is 1.09 bits per heavy atom. The SMILES string of the molecule is COc1cccc2c1C(=O)c1c(O)c3c(c(O)c1C2=O)CC(O)(C(C)=O)C[C@@H]3OC1C[C@@H](N=CN2CCCCC2)C(O)C(C)O1. The van der Waals surface area contributed by atoms with Gasteiger partial charge in [-0.25, -0.2) is 0 Å². The third-order valence-electron chi connectivity index (χ3n) is 9.53. The Balaban J connectivity index is 1.40. The first-order valence-corrected chi connectivity index (χ1v) is 15.3. The zero-order chi connectivity index (χ0) is 32.2. The lowest BCUT2D eigenvalue weighted by Gasteiger charge is -2.42. The summed E-state index contributed by atoms with van der Waals surface area (Å²) in [6, 6.07) is 3.90. The first-order valence-electron chi connectivity index (χ1n) is 15.3. The summed E-state index contributed by atoms with van der Waals surface area (Å²) in [4.78, 5) is 46.9. The number of carbonyl (C=O) groups excluding carboxylic acids is 3. The topological polar surface area (TPSA) is 175 Å². The first kappa shape index (κ1) is 31.2. The van der Waals surface area contributed by atoms with E-state index < -0.39 is 82.6 Å². The summed E-state index contributed by atoms with van der Waals surface area (Å²) in [5.41, 5.74) is -2.98. The second-order valence-corrected chi connectivity index (χ2v) is 12.4. The number of aliphatic imine (C=N–C) groups is 1. The van der Waals surface area contributed by atoms with Gasteiger partial charge in [0, 0.05) is 49.0 Å². The van der Waals surface area contributed by atoms with E-state index >= 15 is 0 Å². The van der Waals surface area contributed by atoms with Gasteiger partial charge in [0.1, 0.15) is 29.0 Å². The van der Waals surface area contributed by atoms with Crippen LogP contribution in [0.15, 0.2) is 23.2 Å². The van der Waals surface area contributed by atoms with Crippen molar-refractivity contribution in [1.29, 1.82) is 0 Å². The van der Waals surface area contributed by atoms with Crippen LogP contribution < -0.4 is 4.74 Å². The van der Waals surface area contributed by atoms with Crippen LogP contribution in [0.4, 0.5) is 0 Å². The first-order chi connectivity index (χ1) is 21.4. The lowest BCUT2D eigenvalue weighted by Crippen LogP contribution is -2.49. The molecule has 0 spiro atoms. The number of nitrogens with zero attached hydrogens (tertiary/aromatic N) is 2. The standard InChI is InChI=1S/C33H38N2O10/c1-16-28(37)20(34-15-35-10-5-4-6-11-35)12-23(44-16)45-22-14-33(42,17(2)36)13-19-25(22)32(41)27-26(30(19)39)29(38)18-8-7-9-21(43-3)24(18)31(27)40/h7-9,15-16,20,22-23,28,37,39,41-42H,4-6,10-14H2,1-3H3/t16?,20-,22+,23?,28?,33?/m1/s1. The maximum absolute atomic E-state index is 13.8. The van der Waals surface area contributed by atoms with Crippen molar-refractivity contribution in [2.75, 3.05) is 20.2 Å². The molecule has 2 aliphatic carbocycles. The zero-order valence-electron chi connectivity index (χ0n) is 25.5. The normalized spacial score (nSPS) is 29.7. The molecular weight excluding hydrogens is 584 g/mol. The molecule has 2 heterocycles. The van der Waals surface area contributed by atoms with Crippen molar-refractivity contribution in [3.05, 3.63) is 51.6 Å². The number of aliphatic hydroxyl groups is 2. The van der Waals surface area contributed by atoms with E-state index in [-0.39, 0.29) is 40.8 Å². The highest BCUT2D eigenvalue weighted by Gasteiger charge is 2.49.